The monoisotopic (exact) mass is 325 g/mol. The maximum absolute atomic E-state index is 11.6. The Balaban J connectivity index is 2.20. The van der Waals surface area contributed by atoms with E-state index < -0.39 is 11.4 Å². The number of aromatic nitrogens is 3. The van der Waals surface area contributed by atoms with Gasteiger partial charge in [0.2, 0.25) is 0 Å². The number of carbonyl (C=O) groups is 2. The van der Waals surface area contributed by atoms with Gasteiger partial charge < -0.3 is 14.2 Å². The summed E-state index contributed by atoms with van der Waals surface area (Å²) in [6, 6.07) is 0. The fourth-order valence-electron chi connectivity index (χ4n) is 1.38. The molecule has 0 aliphatic heterocycles. The molecule has 0 aliphatic carbocycles. The maximum Gasteiger partial charge on any atom is 0.330 e. The zero-order valence-electron chi connectivity index (χ0n) is 13.8. The highest BCUT2D eigenvalue weighted by Gasteiger charge is 2.23. The van der Waals surface area contributed by atoms with Crippen molar-refractivity contribution >= 4 is 11.9 Å². The highest BCUT2D eigenvalue weighted by molar-refractivity contribution is 5.81. The van der Waals surface area contributed by atoms with Crippen LogP contribution in [0.25, 0.3) is 0 Å². The predicted molar refractivity (Wildman–Crippen MR) is 81.0 cm³/mol. The zero-order chi connectivity index (χ0) is 17.3. The number of rotatable bonds is 9. The van der Waals surface area contributed by atoms with Crippen molar-refractivity contribution < 1.29 is 23.8 Å². The molecule has 23 heavy (non-hydrogen) atoms. The van der Waals surface area contributed by atoms with Gasteiger partial charge in [-0.1, -0.05) is 11.8 Å². The molecule has 1 aromatic rings. The van der Waals surface area contributed by atoms with Gasteiger partial charge in [0.25, 0.3) is 0 Å². The second-order valence-electron chi connectivity index (χ2n) is 5.84. The molecule has 0 radical (unpaired) electrons. The lowest BCUT2D eigenvalue weighted by Gasteiger charge is -2.15. The van der Waals surface area contributed by atoms with E-state index in [4.69, 9.17) is 14.2 Å². The van der Waals surface area contributed by atoms with Crippen molar-refractivity contribution in [3.05, 3.63) is 24.5 Å². The van der Waals surface area contributed by atoms with Crippen LogP contribution in [0.5, 0.6) is 0 Å². The van der Waals surface area contributed by atoms with E-state index in [9.17, 15) is 9.59 Å². The van der Waals surface area contributed by atoms with E-state index in [0.29, 0.717) is 18.7 Å². The molecule has 0 bridgehead atoms. The lowest BCUT2D eigenvalue weighted by molar-refractivity contribution is -0.157. The van der Waals surface area contributed by atoms with Gasteiger partial charge in [-0.05, 0) is 20.8 Å². The minimum atomic E-state index is -0.554. The highest BCUT2D eigenvalue weighted by atomic mass is 16.5. The standard InChI is InChI=1S/C15H23N3O5/c1-5-13(19)22-8-6-7-21-10-12-9-18(17-16-12)11-23-14(20)15(2,3)4/h5,9H,1,6-8,10-11H2,2-4H3. The lowest BCUT2D eigenvalue weighted by Crippen LogP contribution is -2.24. The first-order valence-electron chi connectivity index (χ1n) is 7.26. The maximum atomic E-state index is 11.6. The van der Waals surface area contributed by atoms with Gasteiger partial charge in [-0.2, -0.15) is 0 Å². The third-order valence-electron chi connectivity index (χ3n) is 2.62. The van der Waals surface area contributed by atoms with E-state index in [-0.39, 0.29) is 25.9 Å². The molecule has 8 nitrogen and oxygen atoms in total. The second kappa shape index (κ2) is 9.04. The first-order chi connectivity index (χ1) is 10.8. The molecule has 0 spiro atoms. The van der Waals surface area contributed by atoms with E-state index in [2.05, 4.69) is 16.9 Å². The van der Waals surface area contributed by atoms with Gasteiger partial charge in [-0.3, -0.25) is 4.79 Å². The third-order valence-corrected chi connectivity index (χ3v) is 2.62. The molecule has 0 aliphatic rings. The molecule has 0 N–H and O–H groups in total. The number of esters is 2. The molecule has 0 unspecified atom stereocenters. The van der Waals surface area contributed by atoms with Gasteiger partial charge in [-0.25, -0.2) is 9.48 Å². The molecule has 0 amide bonds. The summed E-state index contributed by atoms with van der Waals surface area (Å²) >= 11 is 0. The molecular formula is C15H23N3O5. The van der Waals surface area contributed by atoms with Gasteiger partial charge in [-0.15, -0.1) is 5.10 Å². The molecule has 0 atom stereocenters. The van der Waals surface area contributed by atoms with E-state index in [0.717, 1.165) is 6.08 Å². The average Bonchev–Trinajstić information content (AvgIpc) is 2.94. The fourth-order valence-corrected chi connectivity index (χ4v) is 1.38. The van der Waals surface area contributed by atoms with Crippen LogP contribution in [-0.2, 0) is 37.1 Å². The normalized spacial score (nSPS) is 11.1. The molecule has 0 saturated heterocycles. The van der Waals surface area contributed by atoms with Crippen molar-refractivity contribution in [2.24, 2.45) is 5.41 Å². The van der Waals surface area contributed by atoms with Gasteiger partial charge in [0.15, 0.2) is 6.73 Å². The van der Waals surface area contributed by atoms with Crippen LogP contribution < -0.4 is 0 Å². The summed E-state index contributed by atoms with van der Waals surface area (Å²) in [4.78, 5) is 22.4. The Morgan fingerprint density at radius 1 is 1.30 bits per heavy atom. The highest BCUT2D eigenvalue weighted by Crippen LogP contribution is 2.15. The molecule has 1 aromatic heterocycles. The SMILES string of the molecule is C=CC(=O)OCCCOCc1cn(COC(=O)C(C)(C)C)nn1. The molecule has 0 fully saturated rings. The number of ether oxygens (including phenoxy) is 3. The largest absolute Gasteiger partial charge is 0.462 e. The van der Waals surface area contributed by atoms with Crippen LogP contribution in [0.1, 0.15) is 32.9 Å². The van der Waals surface area contributed by atoms with Crippen LogP contribution in [0.4, 0.5) is 0 Å². The fraction of sp³-hybridized carbons (Fsp3) is 0.600. The van der Waals surface area contributed by atoms with Gasteiger partial charge in [0.1, 0.15) is 5.69 Å². The Labute approximate surface area is 135 Å². The van der Waals surface area contributed by atoms with Gasteiger partial charge >= 0.3 is 11.9 Å². The van der Waals surface area contributed by atoms with Crippen molar-refractivity contribution in [2.45, 2.75) is 40.5 Å². The lowest BCUT2D eigenvalue weighted by atomic mass is 9.98. The van der Waals surface area contributed by atoms with E-state index in [1.807, 2.05) is 0 Å². The molecule has 1 rings (SSSR count). The average molecular weight is 325 g/mol. The summed E-state index contributed by atoms with van der Waals surface area (Å²) in [6.07, 6.45) is 3.34. The Morgan fingerprint density at radius 3 is 2.70 bits per heavy atom. The summed E-state index contributed by atoms with van der Waals surface area (Å²) < 4.78 is 16.7. The van der Waals surface area contributed by atoms with Crippen molar-refractivity contribution in [2.75, 3.05) is 13.2 Å². The first-order valence-corrected chi connectivity index (χ1v) is 7.26. The Morgan fingerprint density at radius 2 is 2.04 bits per heavy atom. The number of carbonyl (C=O) groups excluding carboxylic acids is 2. The van der Waals surface area contributed by atoms with Crippen LogP contribution in [-0.4, -0.2) is 40.1 Å². The Hall–Kier alpha value is -2.22. The van der Waals surface area contributed by atoms with Crippen molar-refractivity contribution in [1.82, 2.24) is 15.0 Å². The third kappa shape index (κ3) is 7.55. The van der Waals surface area contributed by atoms with Crippen LogP contribution in [0.3, 0.4) is 0 Å². The van der Waals surface area contributed by atoms with Gasteiger partial charge in [0.05, 0.1) is 31.4 Å². The quantitative estimate of drug-likeness (QED) is 0.385. The molecule has 0 aromatic carbocycles. The van der Waals surface area contributed by atoms with Crippen LogP contribution >= 0.6 is 0 Å². The molecular weight excluding hydrogens is 302 g/mol. The summed E-state index contributed by atoms with van der Waals surface area (Å²) in [7, 11) is 0. The van der Waals surface area contributed by atoms with E-state index >= 15 is 0 Å². The molecule has 0 saturated carbocycles. The Bertz CT molecular complexity index is 533. The minimum absolute atomic E-state index is 0.0145. The summed E-state index contributed by atoms with van der Waals surface area (Å²) in [5.41, 5.74) is 0.0709. The predicted octanol–water partition coefficient (Wildman–Crippen LogP) is 1.46. The summed E-state index contributed by atoms with van der Waals surface area (Å²) in [6.45, 7) is 9.64. The van der Waals surface area contributed by atoms with Gasteiger partial charge in [0, 0.05) is 12.5 Å². The van der Waals surface area contributed by atoms with E-state index in [1.165, 1.54) is 4.68 Å². The molecule has 8 heteroatoms. The van der Waals surface area contributed by atoms with Crippen LogP contribution in [0.2, 0.25) is 0 Å². The first kappa shape index (κ1) is 18.8. The van der Waals surface area contributed by atoms with Crippen molar-refractivity contribution in [1.29, 1.82) is 0 Å². The van der Waals surface area contributed by atoms with E-state index in [1.54, 1.807) is 27.0 Å². The topological polar surface area (TPSA) is 92.5 Å². The molecule has 1 heterocycles. The smallest absolute Gasteiger partial charge is 0.330 e. The Kier molecular flexibility index (Phi) is 7.40. The van der Waals surface area contributed by atoms with Crippen molar-refractivity contribution in [3.8, 4) is 0 Å². The number of hydrogen-bond donors (Lipinski definition) is 0. The van der Waals surface area contributed by atoms with Crippen LogP contribution in [0, 0.1) is 5.41 Å². The van der Waals surface area contributed by atoms with Crippen LogP contribution in [0.15, 0.2) is 18.9 Å². The second-order valence-corrected chi connectivity index (χ2v) is 5.84. The number of nitrogens with zero attached hydrogens (tertiary/aromatic N) is 3. The zero-order valence-corrected chi connectivity index (χ0v) is 13.8. The number of hydrogen-bond acceptors (Lipinski definition) is 7. The summed E-state index contributed by atoms with van der Waals surface area (Å²) in [5.74, 6) is -0.752. The summed E-state index contributed by atoms with van der Waals surface area (Å²) in [5, 5.41) is 7.76. The molecule has 128 valence electrons. The minimum Gasteiger partial charge on any atom is -0.462 e. The van der Waals surface area contributed by atoms with Crippen molar-refractivity contribution in [3.63, 3.8) is 0 Å².